The van der Waals surface area contributed by atoms with Crippen molar-refractivity contribution in [2.45, 2.75) is 91.1 Å². The van der Waals surface area contributed by atoms with E-state index in [0.29, 0.717) is 0 Å². The average Bonchev–Trinajstić information content (AvgIpc) is 2.68. The van der Waals surface area contributed by atoms with Crippen LogP contribution in [0.15, 0.2) is 30.3 Å². The van der Waals surface area contributed by atoms with E-state index in [2.05, 4.69) is 12.3 Å². The van der Waals surface area contributed by atoms with Crippen LogP contribution < -0.4 is 5.43 Å². The molecule has 0 radical (unpaired) electrons. The van der Waals surface area contributed by atoms with Crippen molar-refractivity contribution in [3.63, 3.8) is 0 Å². The van der Waals surface area contributed by atoms with Crippen molar-refractivity contribution >= 4 is 18.3 Å². The number of ether oxygens (including phenoxy) is 2. The highest BCUT2D eigenvalue weighted by Crippen LogP contribution is 2.16. The van der Waals surface area contributed by atoms with Gasteiger partial charge in [0.1, 0.15) is 17.2 Å². The summed E-state index contributed by atoms with van der Waals surface area (Å²) in [6.45, 7) is 11.6. The number of hydrogen-bond acceptors (Lipinski definition) is 6. The van der Waals surface area contributed by atoms with E-state index in [1.54, 1.807) is 47.6 Å². The monoisotopic (exact) mass is 464 g/mol. The number of nitrogens with one attached hydrogen (secondary N) is 1. The molecule has 0 bridgehead atoms. The predicted octanol–water partition coefficient (Wildman–Crippen LogP) is 4.44. The average molecular weight is 465 g/mol. The molecule has 0 saturated heterocycles. The van der Waals surface area contributed by atoms with Crippen molar-refractivity contribution in [3.05, 3.63) is 41.5 Å². The van der Waals surface area contributed by atoms with Crippen molar-refractivity contribution in [1.82, 2.24) is 10.4 Å². The second-order valence-corrected chi connectivity index (χ2v) is 9.91. The van der Waals surface area contributed by atoms with Crippen molar-refractivity contribution in [1.29, 1.82) is 0 Å². The van der Waals surface area contributed by atoms with Crippen LogP contribution in [0.3, 0.4) is 0 Å². The molecule has 0 saturated carbocycles. The fraction of sp³-hybridized carbons (Fsp3) is 0.600. The topological polar surface area (TPSA) is 108 Å². The Balaban J connectivity index is 3.03. The minimum atomic E-state index is -1.29. The normalized spacial score (nSPS) is 14.0. The summed E-state index contributed by atoms with van der Waals surface area (Å²) in [5, 5.41) is 21.4. The Bertz CT molecular complexity index is 778. The maximum atomic E-state index is 12.7. The van der Waals surface area contributed by atoms with Crippen molar-refractivity contribution in [2.75, 3.05) is 6.61 Å². The molecule has 0 heterocycles. The molecule has 8 heteroatoms. The molecule has 2 amide bonds. The van der Waals surface area contributed by atoms with Gasteiger partial charge in [0.25, 0.3) is 0 Å². The zero-order valence-electron chi connectivity index (χ0n) is 20.9. The van der Waals surface area contributed by atoms with E-state index in [0.717, 1.165) is 29.8 Å². The van der Waals surface area contributed by atoms with Gasteiger partial charge < -0.3 is 19.7 Å². The molecule has 0 aliphatic heterocycles. The number of amides is 2. The van der Waals surface area contributed by atoms with Crippen molar-refractivity contribution in [3.8, 4) is 0 Å². The summed E-state index contributed by atoms with van der Waals surface area (Å²) in [7, 11) is 0. The zero-order chi connectivity index (χ0) is 25.2. The smallest absolute Gasteiger partial charge is 0.429 e. The molecule has 0 spiro atoms. The molecule has 2 atom stereocenters. The van der Waals surface area contributed by atoms with Gasteiger partial charge in [-0.2, -0.15) is 0 Å². The Morgan fingerprint density at radius 1 is 1.06 bits per heavy atom. The largest absolute Gasteiger partial charge is 0.443 e. The van der Waals surface area contributed by atoms with Crippen LogP contribution in [0.1, 0.15) is 72.4 Å². The van der Waals surface area contributed by atoms with Gasteiger partial charge in [0, 0.05) is 0 Å². The molecule has 3 N–H and O–H groups in total. The first-order valence-electron chi connectivity index (χ1n) is 11.3. The molecule has 0 unspecified atom stereocenters. The molecular formula is C25H40N2O6. The van der Waals surface area contributed by atoms with Gasteiger partial charge in [-0.1, -0.05) is 49.8 Å². The first kappa shape index (κ1) is 28.5. The summed E-state index contributed by atoms with van der Waals surface area (Å²) < 4.78 is 10.6. The predicted molar refractivity (Wildman–Crippen MR) is 128 cm³/mol. The number of hydrazine groups is 1. The highest BCUT2D eigenvalue weighted by Gasteiger charge is 2.34. The number of aryl methyl sites for hydroxylation is 1. The maximum absolute atomic E-state index is 12.7. The fourth-order valence-corrected chi connectivity index (χ4v) is 2.83. The number of unbranched alkanes of at least 4 members (excludes halogenated alkanes) is 1. The lowest BCUT2D eigenvalue weighted by atomic mass is 10.0. The minimum Gasteiger partial charge on any atom is -0.443 e. The molecule has 1 aromatic carbocycles. The number of nitrogens with zero attached hydrogens (tertiary/aromatic N) is 1. The van der Waals surface area contributed by atoms with E-state index in [1.807, 2.05) is 24.3 Å². The highest BCUT2D eigenvalue weighted by molar-refractivity contribution is 5.75. The quantitative estimate of drug-likeness (QED) is 0.491. The van der Waals surface area contributed by atoms with Crippen LogP contribution in [0.5, 0.6) is 0 Å². The Morgan fingerprint density at radius 3 is 2.12 bits per heavy atom. The van der Waals surface area contributed by atoms with E-state index in [1.165, 1.54) is 11.6 Å². The lowest BCUT2D eigenvalue weighted by molar-refractivity contribution is -0.0343. The van der Waals surface area contributed by atoms with Crippen molar-refractivity contribution in [2.24, 2.45) is 0 Å². The highest BCUT2D eigenvalue weighted by atomic mass is 16.6. The van der Waals surface area contributed by atoms with Gasteiger partial charge >= 0.3 is 12.2 Å². The lowest BCUT2D eigenvalue weighted by Gasteiger charge is -2.34. The molecule has 0 aliphatic carbocycles. The second kappa shape index (κ2) is 12.6. The van der Waals surface area contributed by atoms with Crippen LogP contribution in [0, 0.1) is 0 Å². The summed E-state index contributed by atoms with van der Waals surface area (Å²) in [5.74, 6) is 0. The van der Waals surface area contributed by atoms with Crippen LogP contribution in [0.25, 0.3) is 6.08 Å². The molecule has 0 aromatic heterocycles. The Hall–Kier alpha value is -2.58. The summed E-state index contributed by atoms with van der Waals surface area (Å²) in [6, 6.07) is 6.73. The summed E-state index contributed by atoms with van der Waals surface area (Å²) >= 11 is 0. The minimum absolute atomic E-state index is 0.628. The van der Waals surface area contributed by atoms with E-state index < -0.39 is 42.1 Å². The Kier molecular flexibility index (Phi) is 10.9. The number of aliphatic hydroxyl groups excluding tert-OH is 2. The van der Waals surface area contributed by atoms with E-state index in [4.69, 9.17) is 9.47 Å². The van der Waals surface area contributed by atoms with E-state index in [9.17, 15) is 19.8 Å². The summed E-state index contributed by atoms with van der Waals surface area (Å²) in [5.41, 5.74) is 2.73. The molecule has 1 rings (SSSR count). The molecule has 8 nitrogen and oxygen atoms in total. The third-order valence-corrected chi connectivity index (χ3v) is 4.40. The molecule has 33 heavy (non-hydrogen) atoms. The first-order chi connectivity index (χ1) is 15.3. The zero-order valence-corrected chi connectivity index (χ0v) is 20.9. The lowest BCUT2D eigenvalue weighted by Crippen LogP contribution is -2.58. The number of carbonyl (C=O) groups is 2. The van der Waals surface area contributed by atoms with Gasteiger partial charge in [-0.3, -0.25) is 0 Å². The fourth-order valence-electron chi connectivity index (χ4n) is 2.83. The first-order valence-corrected chi connectivity index (χ1v) is 11.3. The second-order valence-electron chi connectivity index (χ2n) is 9.91. The van der Waals surface area contributed by atoms with Crippen LogP contribution in [0.4, 0.5) is 9.59 Å². The standard InChI is InChI=1S/C25H40N2O6/c1-8-9-10-18-11-13-19(14-12-18)15-16-21(29)20(17-28)27(23(31)33-25(5,6)7)26-22(30)32-24(2,3)4/h11-16,20-21,28-29H,8-10,17H2,1-7H3,(H,26,30)/b16-15+/t20-,21+/m1/s1. The number of aliphatic hydroxyl groups is 2. The Labute approximate surface area is 197 Å². The van der Waals surface area contributed by atoms with Gasteiger partial charge in [0.15, 0.2) is 0 Å². The van der Waals surface area contributed by atoms with Gasteiger partial charge in [-0.05, 0) is 65.5 Å². The number of hydrogen-bond donors (Lipinski definition) is 3. The van der Waals surface area contributed by atoms with Crippen LogP contribution >= 0.6 is 0 Å². The van der Waals surface area contributed by atoms with E-state index in [-0.39, 0.29) is 0 Å². The van der Waals surface area contributed by atoms with Crippen molar-refractivity contribution < 1.29 is 29.3 Å². The van der Waals surface area contributed by atoms with Gasteiger partial charge in [0.2, 0.25) is 0 Å². The number of rotatable bonds is 8. The van der Waals surface area contributed by atoms with Crippen LogP contribution in [0.2, 0.25) is 0 Å². The summed E-state index contributed by atoms with van der Waals surface area (Å²) in [6.07, 6.45) is 3.27. The van der Waals surface area contributed by atoms with Gasteiger partial charge in [-0.25, -0.2) is 20.0 Å². The van der Waals surface area contributed by atoms with Crippen LogP contribution in [-0.4, -0.2) is 57.4 Å². The molecular weight excluding hydrogens is 424 g/mol. The summed E-state index contributed by atoms with van der Waals surface area (Å²) in [4.78, 5) is 25.1. The number of benzene rings is 1. The van der Waals surface area contributed by atoms with Gasteiger partial charge in [0.05, 0.1) is 12.7 Å². The third kappa shape index (κ3) is 11.2. The third-order valence-electron chi connectivity index (χ3n) is 4.40. The van der Waals surface area contributed by atoms with E-state index >= 15 is 0 Å². The maximum Gasteiger partial charge on any atom is 0.429 e. The van der Waals surface area contributed by atoms with Crippen LogP contribution in [-0.2, 0) is 15.9 Å². The Morgan fingerprint density at radius 2 is 1.64 bits per heavy atom. The number of carbonyl (C=O) groups excluding carboxylic acids is 2. The SMILES string of the molecule is CCCCc1ccc(/C=C/[C@H](O)[C@@H](CO)N(NC(=O)OC(C)(C)C)C(=O)OC(C)(C)C)cc1. The van der Waals surface area contributed by atoms with Gasteiger partial charge in [-0.15, -0.1) is 0 Å². The molecule has 0 aliphatic rings. The molecule has 0 fully saturated rings. The molecule has 186 valence electrons. The molecule has 1 aromatic rings.